The summed E-state index contributed by atoms with van der Waals surface area (Å²) < 4.78 is 37.7. The topological polar surface area (TPSA) is 153 Å². The van der Waals surface area contributed by atoms with Crippen LogP contribution in [0.2, 0.25) is 0 Å². The maximum atomic E-state index is 13.2. The van der Waals surface area contributed by atoms with E-state index in [9.17, 15) is 18.3 Å². The molecular formula is C32H39N7O5S. The number of aliphatic hydroxyl groups excluding tert-OH is 1. The number of nitrogens with one attached hydrogen (secondary N) is 2. The molecule has 6 rings (SSSR count). The predicted octanol–water partition coefficient (Wildman–Crippen LogP) is 3.61. The van der Waals surface area contributed by atoms with Gasteiger partial charge in [0.2, 0.25) is 0 Å². The van der Waals surface area contributed by atoms with Crippen LogP contribution in [0, 0.1) is 5.92 Å². The first-order valence-corrected chi connectivity index (χ1v) is 17.1. The quantitative estimate of drug-likeness (QED) is 0.200. The second kappa shape index (κ2) is 13.9. The predicted molar refractivity (Wildman–Crippen MR) is 169 cm³/mol. The number of aliphatic hydroxyl groups is 1. The molecule has 2 aromatic carbocycles. The lowest BCUT2D eigenvalue weighted by Gasteiger charge is -2.27. The number of rotatable bonds is 13. The van der Waals surface area contributed by atoms with Gasteiger partial charge in [-0.15, -0.1) is 0 Å². The number of anilines is 1. The zero-order valence-electron chi connectivity index (χ0n) is 25.1. The third-order valence-corrected chi connectivity index (χ3v) is 10.0. The number of pyridine rings is 1. The lowest BCUT2D eigenvalue weighted by atomic mass is 10.0. The van der Waals surface area contributed by atoms with E-state index in [0.29, 0.717) is 36.8 Å². The molecule has 0 radical (unpaired) electrons. The van der Waals surface area contributed by atoms with Crippen molar-refractivity contribution < 1.29 is 18.3 Å². The summed E-state index contributed by atoms with van der Waals surface area (Å²) in [6, 6.07) is 14.9. The van der Waals surface area contributed by atoms with Gasteiger partial charge in [-0.2, -0.15) is 9.36 Å². The van der Waals surface area contributed by atoms with Gasteiger partial charge in [0.25, 0.3) is 10.0 Å². The van der Waals surface area contributed by atoms with Crippen LogP contribution in [-0.4, -0.2) is 57.5 Å². The summed E-state index contributed by atoms with van der Waals surface area (Å²) in [5.41, 5.74) is 2.22. The van der Waals surface area contributed by atoms with Gasteiger partial charge in [-0.05, 0) is 96.1 Å². The van der Waals surface area contributed by atoms with Gasteiger partial charge < -0.3 is 15.2 Å². The average molecular weight is 634 g/mol. The van der Waals surface area contributed by atoms with Crippen LogP contribution in [0.1, 0.15) is 62.2 Å². The Balaban J connectivity index is 1.02. The minimum Gasteiger partial charge on any atom is -0.489 e. The Bertz CT molecular complexity index is 1740. The number of ether oxygens (including phenoxy) is 1. The maximum absolute atomic E-state index is 13.2. The fourth-order valence-electron chi connectivity index (χ4n) is 6.11. The van der Waals surface area contributed by atoms with Gasteiger partial charge in [0, 0.05) is 43.3 Å². The third kappa shape index (κ3) is 7.60. The van der Waals surface area contributed by atoms with Crippen molar-refractivity contribution in [3.8, 4) is 11.4 Å². The van der Waals surface area contributed by atoms with Gasteiger partial charge in [0.05, 0.1) is 16.7 Å². The standard InChI is InChI=1S/C32H39N7O5S/c40-30(25-8-3-17-33-20-25)22-34-21-28-13-9-24-19-26(10-16-31(24)44-28)35-45(42,43)29-14-11-27(12-15-29)39-32(41)38(36-37-39)18-4-7-23-5-1-2-6-23/h3,8,10-12,14-17,19-20,23,28,30,34-35,40H,1-2,4-7,9,13,18,21-22H2. The zero-order valence-corrected chi connectivity index (χ0v) is 25.9. The Hall–Kier alpha value is -4.07. The van der Waals surface area contributed by atoms with Crippen molar-refractivity contribution in [2.45, 2.75) is 75.0 Å². The number of tetrazole rings is 1. The Morgan fingerprint density at radius 3 is 2.64 bits per heavy atom. The molecule has 2 aliphatic rings. The zero-order chi connectivity index (χ0) is 31.2. The monoisotopic (exact) mass is 633 g/mol. The van der Waals surface area contributed by atoms with Crippen LogP contribution in [0.15, 0.2) is 76.7 Å². The van der Waals surface area contributed by atoms with Crippen molar-refractivity contribution in [2.24, 2.45) is 5.92 Å². The highest BCUT2D eigenvalue weighted by Crippen LogP contribution is 2.31. The van der Waals surface area contributed by atoms with Crippen LogP contribution in [0.5, 0.6) is 5.75 Å². The summed E-state index contributed by atoms with van der Waals surface area (Å²) in [6.45, 7) is 1.48. The number of sulfonamides is 1. The van der Waals surface area contributed by atoms with Crippen LogP contribution in [0.4, 0.5) is 5.69 Å². The van der Waals surface area contributed by atoms with E-state index in [2.05, 4.69) is 25.4 Å². The summed E-state index contributed by atoms with van der Waals surface area (Å²) in [5.74, 6) is 1.46. The fourth-order valence-corrected chi connectivity index (χ4v) is 7.16. The number of fused-ring (bicyclic) bond motifs is 1. The molecule has 1 fully saturated rings. The molecule has 3 N–H and O–H groups in total. The molecule has 0 saturated heterocycles. The summed E-state index contributed by atoms with van der Waals surface area (Å²) in [6.07, 6.45) is 11.2. The van der Waals surface area contributed by atoms with Gasteiger partial charge in [-0.25, -0.2) is 13.2 Å². The Morgan fingerprint density at radius 1 is 1.04 bits per heavy atom. The minimum absolute atomic E-state index is 0.0642. The number of hydrogen-bond acceptors (Lipinski definition) is 9. The van der Waals surface area contributed by atoms with Crippen LogP contribution in [0.3, 0.4) is 0 Å². The summed E-state index contributed by atoms with van der Waals surface area (Å²) in [5, 5.41) is 21.6. The Labute approximate surface area is 262 Å². The van der Waals surface area contributed by atoms with Crippen molar-refractivity contribution >= 4 is 15.7 Å². The molecule has 2 aromatic heterocycles. The van der Waals surface area contributed by atoms with Gasteiger partial charge in [0.1, 0.15) is 11.9 Å². The largest absolute Gasteiger partial charge is 0.489 e. The van der Waals surface area contributed by atoms with Crippen LogP contribution < -0.4 is 20.5 Å². The normalized spacial score (nSPS) is 17.5. The first-order valence-electron chi connectivity index (χ1n) is 15.6. The Kier molecular flexibility index (Phi) is 9.57. The molecule has 0 amide bonds. The average Bonchev–Trinajstić information content (AvgIpc) is 3.71. The molecule has 2 unspecified atom stereocenters. The second-order valence-corrected chi connectivity index (χ2v) is 13.5. The van der Waals surface area contributed by atoms with E-state index >= 15 is 0 Å². The molecule has 12 nitrogen and oxygen atoms in total. The van der Waals surface area contributed by atoms with Crippen molar-refractivity contribution in [3.63, 3.8) is 0 Å². The third-order valence-electron chi connectivity index (χ3n) is 8.61. The molecule has 2 atom stereocenters. The Morgan fingerprint density at radius 2 is 1.87 bits per heavy atom. The summed E-state index contributed by atoms with van der Waals surface area (Å²) in [7, 11) is -3.88. The molecule has 45 heavy (non-hydrogen) atoms. The van der Waals surface area contributed by atoms with Gasteiger partial charge in [-0.3, -0.25) is 9.71 Å². The fraction of sp³-hybridized carbons (Fsp3) is 0.438. The molecule has 13 heteroatoms. The number of nitrogens with zero attached hydrogens (tertiary/aromatic N) is 5. The first-order chi connectivity index (χ1) is 21.9. The first kappa shape index (κ1) is 30.9. The molecule has 1 aliphatic heterocycles. The number of hydrogen-bond donors (Lipinski definition) is 3. The van der Waals surface area contributed by atoms with Gasteiger partial charge >= 0.3 is 5.69 Å². The molecule has 3 heterocycles. The summed E-state index contributed by atoms with van der Waals surface area (Å²) in [4.78, 5) is 16.9. The molecular weight excluding hydrogens is 594 g/mol. The SMILES string of the molecule is O=c1n(CCCC2CCCC2)nnn1-c1ccc(S(=O)(=O)Nc2ccc3c(c2)CCC(CNCC(O)c2cccnc2)O3)cc1. The molecule has 0 bridgehead atoms. The van der Waals surface area contributed by atoms with Crippen molar-refractivity contribution in [1.82, 2.24) is 30.1 Å². The molecule has 1 aliphatic carbocycles. The van der Waals surface area contributed by atoms with Crippen molar-refractivity contribution in [2.75, 3.05) is 17.8 Å². The van der Waals surface area contributed by atoms with Crippen molar-refractivity contribution in [3.05, 3.63) is 88.6 Å². The second-order valence-electron chi connectivity index (χ2n) is 11.8. The smallest absolute Gasteiger partial charge is 0.368 e. The molecule has 0 spiro atoms. The van der Waals surface area contributed by atoms with Crippen molar-refractivity contribution in [1.29, 1.82) is 0 Å². The number of aromatic nitrogens is 5. The minimum atomic E-state index is -3.88. The van der Waals surface area contributed by atoms with E-state index in [0.717, 1.165) is 42.7 Å². The van der Waals surface area contributed by atoms with Gasteiger partial charge in [0.15, 0.2) is 0 Å². The van der Waals surface area contributed by atoms with E-state index in [4.69, 9.17) is 4.74 Å². The van der Waals surface area contributed by atoms with E-state index in [1.165, 1.54) is 47.2 Å². The maximum Gasteiger partial charge on any atom is 0.368 e. The molecule has 238 valence electrons. The lowest BCUT2D eigenvalue weighted by Crippen LogP contribution is -2.36. The van der Waals surface area contributed by atoms with E-state index in [1.54, 1.807) is 48.8 Å². The lowest BCUT2D eigenvalue weighted by molar-refractivity contribution is 0.146. The molecule has 4 aromatic rings. The van der Waals surface area contributed by atoms with E-state index < -0.39 is 16.1 Å². The highest BCUT2D eigenvalue weighted by molar-refractivity contribution is 7.92. The number of benzene rings is 2. The highest BCUT2D eigenvalue weighted by Gasteiger charge is 2.22. The highest BCUT2D eigenvalue weighted by atomic mass is 32.2. The number of aryl methyl sites for hydroxylation is 2. The van der Waals surface area contributed by atoms with Crippen LogP contribution >= 0.6 is 0 Å². The molecule has 1 saturated carbocycles. The van der Waals surface area contributed by atoms with Crippen LogP contribution in [-0.2, 0) is 23.0 Å². The van der Waals surface area contributed by atoms with Gasteiger partial charge in [-0.1, -0.05) is 31.7 Å². The summed E-state index contributed by atoms with van der Waals surface area (Å²) >= 11 is 0. The van der Waals surface area contributed by atoms with Crippen LogP contribution in [0.25, 0.3) is 5.69 Å². The van der Waals surface area contributed by atoms with E-state index in [-0.39, 0.29) is 16.7 Å². The van der Waals surface area contributed by atoms with E-state index in [1.807, 2.05) is 6.07 Å².